The zero-order chi connectivity index (χ0) is 18.5. The second kappa shape index (κ2) is 8.58. The third kappa shape index (κ3) is 4.79. The lowest BCUT2D eigenvalue weighted by atomic mass is 9.94. The average Bonchev–Trinajstić information content (AvgIpc) is 3.05. The van der Waals surface area contributed by atoms with Crippen molar-refractivity contribution in [2.45, 2.75) is 58.7 Å². The van der Waals surface area contributed by atoms with E-state index in [0.717, 1.165) is 42.4 Å². The van der Waals surface area contributed by atoms with E-state index < -0.39 is 0 Å². The average molecular weight is 374 g/mol. The van der Waals surface area contributed by atoms with Gasteiger partial charge in [-0.25, -0.2) is 4.99 Å². The van der Waals surface area contributed by atoms with Gasteiger partial charge in [0.2, 0.25) is 0 Å². The van der Waals surface area contributed by atoms with E-state index in [4.69, 9.17) is 21.7 Å². The summed E-state index contributed by atoms with van der Waals surface area (Å²) in [5.41, 5.74) is 3.75. The van der Waals surface area contributed by atoms with Crippen molar-refractivity contribution < 1.29 is 0 Å². The van der Waals surface area contributed by atoms with Crippen LogP contribution in [-0.2, 0) is 19.4 Å². The minimum Gasteiger partial charge on any atom is -0.357 e. The van der Waals surface area contributed by atoms with E-state index in [1.807, 2.05) is 24.3 Å². The van der Waals surface area contributed by atoms with Crippen LogP contribution in [-0.4, -0.2) is 28.3 Å². The quantitative estimate of drug-likeness (QED) is 0.620. The molecule has 0 bridgehead atoms. The van der Waals surface area contributed by atoms with Crippen molar-refractivity contribution in [2.24, 2.45) is 4.99 Å². The molecule has 1 atom stereocenters. The molecule has 1 aliphatic rings. The highest BCUT2D eigenvalue weighted by Gasteiger charge is 2.22. The summed E-state index contributed by atoms with van der Waals surface area (Å²) < 4.78 is 2.08. The molecule has 3 rings (SSSR count). The van der Waals surface area contributed by atoms with Crippen LogP contribution in [0.2, 0.25) is 5.02 Å². The molecule has 5 nitrogen and oxygen atoms in total. The molecular weight excluding hydrogens is 346 g/mol. The van der Waals surface area contributed by atoms with Crippen molar-refractivity contribution in [3.05, 3.63) is 52.3 Å². The highest BCUT2D eigenvalue weighted by molar-refractivity contribution is 6.30. The van der Waals surface area contributed by atoms with Crippen LogP contribution in [0.1, 0.15) is 50.1 Å². The number of aromatic nitrogens is 2. The zero-order valence-corrected chi connectivity index (χ0v) is 16.6. The Hall–Kier alpha value is -2.01. The maximum atomic E-state index is 5.95. The fourth-order valence-electron chi connectivity index (χ4n) is 3.17. The molecule has 0 fully saturated rings. The number of fused-ring (bicyclic) bond motifs is 1. The van der Waals surface area contributed by atoms with Gasteiger partial charge in [-0.15, -0.1) is 0 Å². The lowest BCUT2D eigenvalue weighted by molar-refractivity contribution is 0.499. The molecule has 0 radical (unpaired) electrons. The molecule has 2 aromatic rings. The number of benzene rings is 1. The number of rotatable bonds is 5. The van der Waals surface area contributed by atoms with Crippen molar-refractivity contribution >= 4 is 17.6 Å². The summed E-state index contributed by atoms with van der Waals surface area (Å²) in [4.78, 5) is 4.72. The summed E-state index contributed by atoms with van der Waals surface area (Å²) in [6.07, 6.45) is 5.31. The number of nitrogens with one attached hydrogen (secondary N) is 2. The lowest BCUT2D eigenvalue weighted by Gasteiger charge is -2.24. The smallest absolute Gasteiger partial charge is 0.191 e. The lowest BCUT2D eigenvalue weighted by Crippen LogP contribution is -2.45. The monoisotopic (exact) mass is 373 g/mol. The summed E-state index contributed by atoms with van der Waals surface area (Å²) in [7, 11) is 0. The summed E-state index contributed by atoms with van der Waals surface area (Å²) in [5.74, 6) is 0.860. The van der Waals surface area contributed by atoms with Crippen molar-refractivity contribution in [2.75, 3.05) is 6.54 Å². The first kappa shape index (κ1) is 18.8. The van der Waals surface area contributed by atoms with Crippen LogP contribution in [0.3, 0.4) is 0 Å². The van der Waals surface area contributed by atoms with E-state index >= 15 is 0 Å². The summed E-state index contributed by atoms with van der Waals surface area (Å²) in [6, 6.07) is 8.61. The third-order valence-corrected chi connectivity index (χ3v) is 4.90. The van der Waals surface area contributed by atoms with Gasteiger partial charge in [0.1, 0.15) is 0 Å². The number of aryl methyl sites for hydroxylation is 1. The molecule has 1 unspecified atom stereocenters. The van der Waals surface area contributed by atoms with Gasteiger partial charge in [0.15, 0.2) is 5.96 Å². The number of hydrogen-bond donors (Lipinski definition) is 2. The Labute approximate surface area is 160 Å². The van der Waals surface area contributed by atoms with Crippen LogP contribution in [0.4, 0.5) is 0 Å². The Balaban J connectivity index is 1.64. The molecule has 2 N–H and O–H groups in total. The first-order valence-corrected chi connectivity index (χ1v) is 9.79. The van der Waals surface area contributed by atoms with Crippen LogP contribution in [0.25, 0.3) is 0 Å². The Kier molecular flexibility index (Phi) is 6.20. The summed E-state index contributed by atoms with van der Waals surface area (Å²) >= 11 is 5.95. The van der Waals surface area contributed by atoms with E-state index in [1.54, 1.807) is 0 Å². The highest BCUT2D eigenvalue weighted by atomic mass is 35.5. The van der Waals surface area contributed by atoms with Gasteiger partial charge in [0, 0.05) is 36.3 Å². The minimum absolute atomic E-state index is 0.362. The van der Waals surface area contributed by atoms with E-state index in [9.17, 15) is 0 Å². The number of halogens is 1. The van der Waals surface area contributed by atoms with E-state index in [1.165, 1.54) is 11.3 Å². The number of aliphatic imine (C=N–C) groups is 1. The molecule has 1 aliphatic carbocycles. The number of guanidine groups is 1. The van der Waals surface area contributed by atoms with E-state index in [-0.39, 0.29) is 0 Å². The first-order chi connectivity index (χ1) is 12.5. The van der Waals surface area contributed by atoms with Crippen LogP contribution in [0.15, 0.2) is 35.5 Å². The van der Waals surface area contributed by atoms with Gasteiger partial charge in [-0.05, 0) is 56.9 Å². The number of hydrogen-bond acceptors (Lipinski definition) is 2. The van der Waals surface area contributed by atoms with Gasteiger partial charge in [-0.3, -0.25) is 4.68 Å². The SMILES string of the molecule is CCNC(=NCc1ccc(Cl)cc1)NC1CCc2cn(C(C)C)nc2C1. The molecule has 0 aliphatic heterocycles. The Bertz CT molecular complexity index is 748. The molecule has 1 heterocycles. The third-order valence-electron chi connectivity index (χ3n) is 4.64. The van der Waals surface area contributed by atoms with Crippen molar-refractivity contribution in [3.8, 4) is 0 Å². The molecule has 1 aromatic carbocycles. The maximum absolute atomic E-state index is 5.95. The molecule has 0 saturated carbocycles. The summed E-state index contributed by atoms with van der Waals surface area (Å²) in [6.45, 7) is 7.89. The van der Waals surface area contributed by atoms with E-state index in [0.29, 0.717) is 18.6 Å². The van der Waals surface area contributed by atoms with Gasteiger partial charge >= 0.3 is 0 Å². The molecule has 26 heavy (non-hydrogen) atoms. The Morgan fingerprint density at radius 1 is 1.35 bits per heavy atom. The largest absolute Gasteiger partial charge is 0.357 e. The predicted molar refractivity (Wildman–Crippen MR) is 108 cm³/mol. The molecule has 140 valence electrons. The summed E-state index contributed by atoms with van der Waals surface area (Å²) in [5, 5.41) is 12.4. The van der Waals surface area contributed by atoms with Gasteiger partial charge < -0.3 is 10.6 Å². The zero-order valence-electron chi connectivity index (χ0n) is 15.8. The normalized spacial score (nSPS) is 17.3. The molecule has 1 aromatic heterocycles. The minimum atomic E-state index is 0.362. The van der Waals surface area contributed by atoms with Gasteiger partial charge in [0.25, 0.3) is 0 Å². The highest BCUT2D eigenvalue weighted by Crippen LogP contribution is 2.21. The molecule has 0 spiro atoms. The van der Waals surface area contributed by atoms with Crippen molar-refractivity contribution in [3.63, 3.8) is 0 Å². The van der Waals surface area contributed by atoms with Crippen LogP contribution in [0.5, 0.6) is 0 Å². The maximum Gasteiger partial charge on any atom is 0.191 e. The Morgan fingerprint density at radius 2 is 2.12 bits per heavy atom. The van der Waals surface area contributed by atoms with Crippen LogP contribution in [0, 0.1) is 0 Å². The molecule has 0 amide bonds. The molecule has 0 saturated heterocycles. The standard InChI is InChI=1S/C20H28ClN5/c1-4-22-20(23-12-15-5-8-17(21)9-6-15)24-18-10-7-16-13-26(14(2)3)25-19(16)11-18/h5-6,8-9,13-14,18H,4,7,10-12H2,1-3H3,(H2,22,23,24). The van der Waals surface area contributed by atoms with Crippen LogP contribution >= 0.6 is 11.6 Å². The molecular formula is C20H28ClN5. The topological polar surface area (TPSA) is 54.2 Å². The molecule has 6 heteroatoms. The van der Waals surface area contributed by atoms with Gasteiger partial charge in [0.05, 0.1) is 12.2 Å². The fourth-order valence-corrected chi connectivity index (χ4v) is 3.30. The van der Waals surface area contributed by atoms with Crippen molar-refractivity contribution in [1.29, 1.82) is 0 Å². The fraction of sp³-hybridized carbons (Fsp3) is 0.500. The van der Waals surface area contributed by atoms with E-state index in [2.05, 4.69) is 42.3 Å². The Morgan fingerprint density at radius 3 is 2.81 bits per heavy atom. The van der Waals surface area contributed by atoms with Gasteiger partial charge in [-0.1, -0.05) is 23.7 Å². The number of nitrogens with zero attached hydrogens (tertiary/aromatic N) is 3. The first-order valence-electron chi connectivity index (χ1n) is 9.41. The predicted octanol–water partition coefficient (Wildman–Crippen LogP) is 3.73. The van der Waals surface area contributed by atoms with Gasteiger partial charge in [-0.2, -0.15) is 5.10 Å². The van der Waals surface area contributed by atoms with Crippen molar-refractivity contribution in [1.82, 2.24) is 20.4 Å². The second-order valence-electron chi connectivity index (χ2n) is 7.08. The van der Waals surface area contributed by atoms with Crippen LogP contribution < -0.4 is 10.6 Å². The second-order valence-corrected chi connectivity index (χ2v) is 7.52.